The zero-order valence-corrected chi connectivity index (χ0v) is 11.5. The summed E-state index contributed by atoms with van der Waals surface area (Å²) in [6.45, 7) is 3.34. The molecule has 6 nitrogen and oxygen atoms in total. The minimum atomic E-state index is -4.80. The lowest BCUT2D eigenvalue weighted by atomic mass is 10.0. The molecule has 0 bridgehead atoms. The maximum Gasteiger partial charge on any atom is 0.415 e. The van der Waals surface area contributed by atoms with Crippen molar-refractivity contribution < 1.29 is 22.8 Å². The normalized spacial score (nSPS) is 19.5. The summed E-state index contributed by atoms with van der Waals surface area (Å²) in [5.41, 5.74) is 2.20. The molecule has 1 heterocycles. The molecule has 1 atom stereocenters. The van der Waals surface area contributed by atoms with E-state index in [2.05, 4.69) is 5.32 Å². The number of alkyl halides is 3. The molecule has 1 aliphatic heterocycles. The standard InChI is InChI=1S/C11H19F3N4O2/c1-3-16-9(20)18-6-4-17(5-7-18)8(19)10(2,15)11(12,13)14/h3-7,15H2,1-2H3,(H,16,20). The second kappa shape index (κ2) is 5.86. The number of carbonyl (C=O) groups is 2. The molecule has 9 heteroatoms. The van der Waals surface area contributed by atoms with Crippen molar-refractivity contribution in [1.82, 2.24) is 15.1 Å². The van der Waals surface area contributed by atoms with Crippen LogP contribution in [0.1, 0.15) is 13.8 Å². The fourth-order valence-electron chi connectivity index (χ4n) is 1.83. The molecule has 0 saturated carbocycles. The average Bonchev–Trinajstić information content (AvgIpc) is 2.37. The highest BCUT2D eigenvalue weighted by Crippen LogP contribution is 2.29. The van der Waals surface area contributed by atoms with Crippen molar-refractivity contribution in [2.24, 2.45) is 5.73 Å². The molecule has 3 amide bonds. The van der Waals surface area contributed by atoms with Crippen LogP contribution in [0, 0.1) is 0 Å². The number of nitrogens with one attached hydrogen (secondary N) is 1. The van der Waals surface area contributed by atoms with Crippen molar-refractivity contribution in [3.8, 4) is 0 Å². The first-order chi connectivity index (χ1) is 9.11. The van der Waals surface area contributed by atoms with Gasteiger partial charge in [-0.1, -0.05) is 0 Å². The van der Waals surface area contributed by atoms with E-state index in [4.69, 9.17) is 5.73 Å². The summed E-state index contributed by atoms with van der Waals surface area (Å²) in [5, 5.41) is 2.59. The number of rotatable bonds is 2. The van der Waals surface area contributed by atoms with Gasteiger partial charge in [-0.05, 0) is 13.8 Å². The van der Waals surface area contributed by atoms with Crippen LogP contribution in [-0.4, -0.2) is 66.2 Å². The van der Waals surface area contributed by atoms with Gasteiger partial charge in [0.1, 0.15) is 0 Å². The largest absolute Gasteiger partial charge is 0.415 e. The molecule has 1 unspecified atom stereocenters. The first kappa shape index (κ1) is 16.5. The predicted molar refractivity (Wildman–Crippen MR) is 65.9 cm³/mol. The first-order valence-corrected chi connectivity index (χ1v) is 6.29. The van der Waals surface area contributed by atoms with Crippen LogP contribution in [0.25, 0.3) is 0 Å². The predicted octanol–water partition coefficient (Wildman–Crippen LogP) is 0.140. The summed E-state index contributed by atoms with van der Waals surface area (Å²) in [4.78, 5) is 25.9. The molecule has 0 aromatic carbocycles. The van der Waals surface area contributed by atoms with Gasteiger partial charge in [0.2, 0.25) is 0 Å². The third kappa shape index (κ3) is 3.33. The molecule has 1 aliphatic rings. The van der Waals surface area contributed by atoms with Crippen LogP contribution >= 0.6 is 0 Å². The quantitative estimate of drug-likeness (QED) is 0.761. The Morgan fingerprint density at radius 3 is 2.00 bits per heavy atom. The maximum atomic E-state index is 12.7. The van der Waals surface area contributed by atoms with E-state index in [0.717, 1.165) is 4.90 Å². The summed E-state index contributed by atoms with van der Waals surface area (Å²) in [6, 6.07) is -0.286. The van der Waals surface area contributed by atoms with Gasteiger partial charge < -0.3 is 20.9 Å². The highest BCUT2D eigenvalue weighted by molar-refractivity contribution is 5.87. The number of carbonyl (C=O) groups excluding carboxylic acids is 2. The second-order valence-corrected chi connectivity index (χ2v) is 4.81. The molecule has 0 aromatic rings. The highest BCUT2D eigenvalue weighted by Gasteiger charge is 2.55. The molecule has 1 saturated heterocycles. The zero-order chi connectivity index (χ0) is 15.6. The van der Waals surface area contributed by atoms with Crippen LogP contribution in [-0.2, 0) is 4.79 Å². The molecule has 1 rings (SSSR count). The van der Waals surface area contributed by atoms with E-state index in [0.29, 0.717) is 13.5 Å². The number of nitrogens with zero attached hydrogens (tertiary/aromatic N) is 2. The van der Waals surface area contributed by atoms with E-state index in [9.17, 15) is 22.8 Å². The van der Waals surface area contributed by atoms with Crippen molar-refractivity contribution in [1.29, 1.82) is 0 Å². The van der Waals surface area contributed by atoms with E-state index in [1.54, 1.807) is 6.92 Å². The monoisotopic (exact) mass is 296 g/mol. The van der Waals surface area contributed by atoms with Gasteiger partial charge >= 0.3 is 12.2 Å². The number of piperazine rings is 1. The lowest BCUT2D eigenvalue weighted by Crippen LogP contribution is -2.65. The fraction of sp³-hybridized carbons (Fsp3) is 0.818. The maximum absolute atomic E-state index is 12.7. The summed E-state index contributed by atoms with van der Waals surface area (Å²) in [6.07, 6.45) is -4.80. The van der Waals surface area contributed by atoms with Gasteiger partial charge in [-0.2, -0.15) is 13.2 Å². The lowest BCUT2D eigenvalue weighted by Gasteiger charge is -2.38. The van der Waals surface area contributed by atoms with Gasteiger partial charge in [-0.25, -0.2) is 4.79 Å². The minimum absolute atomic E-state index is 0.0405. The molecule has 0 aliphatic carbocycles. The van der Waals surface area contributed by atoms with Gasteiger partial charge in [0.25, 0.3) is 5.91 Å². The van der Waals surface area contributed by atoms with Crippen LogP contribution in [0.3, 0.4) is 0 Å². The summed E-state index contributed by atoms with van der Waals surface area (Å²) in [7, 11) is 0. The molecular weight excluding hydrogens is 277 g/mol. The van der Waals surface area contributed by atoms with Crippen molar-refractivity contribution >= 4 is 11.9 Å². The molecular formula is C11H19F3N4O2. The number of nitrogens with two attached hydrogens (primary N) is 1. The number of hydrogen-bond donors (Lipinski definition) is 2. The van der Waals surface area contributed by atoms with Crippen LogP contribution < -0.4 is 11.1 Å². The summed E-state index contributed by atoms with van der Waals surface area (Å²) < 4.78 is 38.1. The van der Waals surface area contributed by atoms with Crippen molar-refractivity contribution in [3.63, 3.8) is 0 Å². The smallest absolute Gasteiger partial charge is 0.338 e. The van der Waals surface area contributed by atoms with E-state index >= 15 is 0 Å². The van der Waals surface area contributed by atoms with Crippen LogP contribution in [0.5, 0.6) is 0 Å². The Hall–Kier alpha value is -1.51. The third-order valence-corrected chi connectivity index (χ3v) is 3.22. The molecule has 20 heavy (non-hydrogen) atoms. The Kier molecular flexibility index (Phi) is 4.85. The van der Waals surface area contributed by atoms with Crippen molar-refractivity contribution in [2.45, 2.75) is 25.6 Å². The molecule has 0 radical (unpaired) electrons. The number of hydrogen-bond acceptors (Lipinski definition) is 3. The van der Waals surface area contributed by atoms with E-state index in [1.165, 1.54) is 4.90 Å². The Morgan fingerprint density at radius 2 is 1.60 bits per heavy atom. The SMILES string of the molecule is CCNC(=O)N1CCN(C(=O)C(C)(N)C(F)(F)F)CC1. The van der Waals surface area contributed by atoms with Crippen molar-refractivity contribution in [3.05, 3.63) is 0 Å². The number of amides is 3. The number of urea groups is 1. The van der Waals surface area contributed by atoms with E-state index in [1.807, 2.05) is 0 Å². The van der Waals surface area contributed by atoms with Gasteiger partial charge in [0, 0.05) is 32.7 Å². The van der Waals surface area contributed by atoms with Gasteiger partial charge in [-0.3, -0.25) is 4.79 Å². The molecule has 116 valence electrons. The Morgan fingerprint density at radius 1 is 1.15 bits per heavy atom. The van der Waals surface area contributed by atoms with Crippen LogP contribution in [0.15, 0.2) is 0 Å². The van der Waals surface area contributed by atoms with E-state index < -0.39 is 17.6 Å². The lowest BCUT2D eigenvalue weighted by molar-refractivity contribution is -0.194. The summed E-state index contributed by atoms with van der Waals surface area (Å²) in [5.74, 6) is -1.17. The first-order valence-electron chi connectivity index (χ1n) is 6.29. The summed E-state index contributed by atoms with van der Waals surface area (Å²) >= 11 is 0. The Labute approximate surface area is 115 Å². The van der Waals surface area contributed by atoms with Crippen LogP contribution in [0.2, 0.25) is 0 Å². The Balaban J connectivity index is 2.62. The Bertz CT molecular complexity index is 376. The van der Waals surface area contributed by atoms with Crippen LogP contribution in [0.4, 0.5) is 18.0 Å². The zero-order valence-electron chi connectivity index (χ0n) is 11.5. The highest BCUT2D eigenvalue weighted by atomic mass is 19.4. The minimum Gasteiger partial charge on any atom is -0.338 e. The second-order valence-electron chi connectivity index (χ2n) is 4.81. The number of halogens is 3. The van der Waals surface area contributed by atoms with Gasteiger partial charge in [0.05, 0.1) is 0 Å². The van der Waals surface area contributed by atoms with Gasteiger partial charge in [0.15, 0.2) is 5.54 Å². The van der Waals surface area contributed by atoms with E-state index in [-0.39, 0.29) is 32.2 Å². The molecule has 0 aromatic heterocycles. The third-order valence-electron chi connectivity index (χ3n) is 3.22. The topological polar surface area (TPSA) is 78.7 Å². The average molecular weight is 296 g/mol. The van der Waals surface area contributed by atoms with Gasteiger partial charge in [-0.15, -0.1) is 0 Å². The van der Waals surface area contributed by atoms with Crippen molar-refractivity contribution in [2.75, 3.05) is 32.7 Å². The molecule has 0 spiro atoms. The molecule has 3 N–H and O–H groups in total. The molecule has 1 fully saturated rings. The fourth-order valence-corrected chi connectivity index (χ4v) is 1.83.